The molecule has 2 aromatic carbocycles. The second-order valence-electron chi connectivity index (χ2n) is 5.66. The molecular weight excluding hydrogens is 403 g/mol. The summed E-state index contributed by atoms with van der Waals surface area (Å²) in [5.41, 5.74) is 2.48. The van der Waals surface area contributed by atoms with Gasteiger partial charge in [0, 0.05) is 28.0 Å². The van der Waals surface area contributed by atoms with Crippen molar-refractivity contribution in [3.05, 3.63) is 69.0 Å². The van der Waals surface area contributed by atoms with Gasteiger partial charge in [0.05, 0.1) is 29.8 Å². The number of halogens is 2. The zero-order valence-corrected chi connectivity index (χ0v) is 17.0. The first-order valence-corrected chi connectivity index (χ1v) is 9.70. The first-order valence-electron chi connectivity index (χ1n) is 8.06. The number of allylic oxidation sites excluding steroid dienone is 1. The van der Waals surface area contributed by atoms with Crippen molar-refractivity contribution in [2.45, 2.75) is 6.42 Å². The van der Waals surface area contributed by atoms with E-state index in [1.165, 1.54) is 0 Å². The lowest BCUT2D eigenvalue weighted by Crippen LogP contribution is -2.02. The van der Waals surface area contributed by atoms with E-state index in [0.29, 0.717) is 32.7 Å². The van der Waals surface area contributed by atoms with E-state index in [0.717, 1.165) is 16.0 Å². The van der Waals surface area contributed by atoms with E-state index in [-0.39, 0.29) is 6.42 Å². The van der Waals surface area contributed by atoms with Gasteiger partial charge in [-0.15, -0.1) is 11.3 Å². The first-order chi connectivity index (χ1) is 13.1. The number of carbonyl (C=O) groups excluding carboxylic acids is 1. The van der Waals surface area contributed by atoms with Gasteiger partial charge in [-0.3, -0.25) is 0 Å². The summed E-state index contributed by atoms with van der Waals surface area (Å²) in [6.45, 7) is 0. The van der Waals surface area contributed by atoms with E-state index < -0.39 is 0 Å². The number of hydrogen-bond donors (Lipinski definition) is 0. The Morgan fingerprint density at radius 1 is 1.04 bits per heavy atom. The number of hydrogen-bond acceptors (Lipinski definition) is 4. The molecule has 1 heterocycles. The summed E-state index contributed by atoms with van der Waals surface area (Å²) in [4.78, 5) is 12.8. The Morgan fingerprint density at radius 2 is 1.78 bits per heavy atom. The molecule has 0 amide bonds. The maximum absolute atomic E-state index is 11.8. The maximum atomic E-state index is 11.8. The molecule has 0 atom stereocenters. The van der Waals surface area contributed by atoms with Gasteiger partial charge in [0.1, 0.15) is 17.4 Å². The van der Waals surface area contributed by atoms with Crippen molar-refractivity contribution < 1.29 is 14.3 Å². The van der Waals surface area contributed by atoms with Crippen molar-refractivity contribution in [3.8, 4) is 21.9 Å². The van der Waals surface area contributed by atoms with Crippen molar-refractivity contribution in [1.82, 2.24) is 0 Å². The van der Waals surface area contributed by atoms with Gasteiger partial charge in [0.2, 0.25) is 0 Å². The van der Waals surface area contributed by atoms with Gasteiger partial charge in [-0.1, -0.05) is 35.3 Å². The van der Waals surface area contributed by atoms with Crippen LogP contribution in [-0.4, -0.2) is 20.2 Å². The van der Waals surface area contributed by atoms with E-state index in [1.54, 1.807) is 43.8 Å². The highest BCUT2D eigenvalue weighted by atomic mass is 35.5. The van der Waals surface area contributed by atoms with E-state index in [9.17, 15) is 4.79 Å². The zero-order valence-electron chi connectivity index (χ0n) is 14.7. The van der Waals surface area contributed by atoms with Crippen LogP contribution in [0.3, 0.4) is 0 Å². The Balaban J connectivity index is 2.15. The predicted octanol–water partition coefficient (Wildman–Crippen LogP) is 6.20. The number of benzene rings is 2. The quantitative estimate of drug-likeness (QED) is 0.447. The summed E-state index contributed by atoms with van der Waals surface area (Å²) < 4.78 is 11.2. The van der Waals surface area contributed by atoms with Crippen LogP contribution in [-0.2, 0) is 11.2 Å². The third kappa shape index (κ3) is 3.90. The molecule has 0 saturated heterocycles. The fourth-order valence-electron chi connectivity index (χ4n) is 2.97. The molecule has 1 aromatic heterocycles. The molecule has 0 aliphatic carbocycles. The van der Waals surface area contributed by atoms with Gasteiger partial charge in [0.15, 0.2) is 0 Å². The Morgan fingerprint density at radius 3 is 2.33 bits per heavy atom. The minimum atomic E-state index is 0.221. The lowest BCUT2D eigenvalue weighted by Gasteiger charge is -2.17. The molecule has 0 radical (unpaired) electrons. The van der Waals surface area contributed by atoms with Crippen LogP contribution in [0.2, 0.25) is 10.0 Å². The standard InChI is InChI=1S/C21H16Cl2O3S/c1-25-18-9-8-14(19-7-4-10-27-19)21(26-2)15(18)11-13(12-24)20-16(22)5-3-6-17(20)23/h3-10H,11H2,1-2H3. The minimum Gasteiger partial charge on any atom is -0.496 e. The topological polar surface area (TPSA) is 35.5 Å². The monoisotopic (exact) mass is 418 g/mol. The van der Waals surface area contributed by atoms with Crippen molar-refractivity contribution in [2.75, 3.05) is 14.2 Å². The van der Waals surface area contributed by atoms with Gasteiger partial charge in [-0.2, -0.15) is 0 Å². The molecule has 3 aromatic rings. The number of methoxy groups -OCH3 is 2. The second-order valence-corrected chi connectivity index (χ2v) is 7.42. The van der Waals surface area contributed by atoms with E-state index in [4.69, 9.17) is 32.7 Å². The zero-order chi connectivity index (χ0) is 19.4. The summed E-state index contributed by atoms with van der Waals surface area (Å²) in [5, 5.41) is 2.79. The Bertz CT molecular complexity index is 986. The number of ether oxygens (including phenoxy) is 2. The predicted molar refractivity (Wildman–Crippen MR) is 112 cm³/mol. The van der Waals surface area contributed by atoms with Crippen LogP contribution in [0.4, 0.5) is 0 Å². The normalized spacial score (nSPS) is 10.4. The minimum absolute atomic E-state index is 0.221. The largest absolute Gasteiger partial charge is 0.496 e. The van der Waals surface area contributed by atoms with Crippen LogP contribution < -0.4 is 9.47 Å². The SMILES string of the molecule is COc1ccc(-c2cccs2)c(OC)c1CC(=C=O)c1c(Cl)cccc1Cl. The molecule has 6 heteroatoms. The van der Waals surface area contributed by atoms with Gasteiger partial charge in [-0.25, -0.2) is 4.79 Å². The first kappa shape index (κ1) is 19.5. The van der Waals surface area contributed by atoms with Gasteiger partial charge < -0.3 is 9.47 Å². The average Bonchev–Trinajstić information content (AvgIpc) is 3.20. The van der Waals surface area contributed by atoms with Crippen molar-refractivity contribution >= 4 is 46.1 Å². The molecule has 0 unspecified atom stereocenters. The summed E-state index contributed by atoms with van der Waals surface area (Å²) in [6.07, 6.45) is 0.221. The third-order valence-corrected chi connectivity index (χ3v) is 5.70. The molecule has 0 fully saturated rings. The van der Waals surface area contributed by atoms with Crippen LogP contribution in [0.5, 0.6) is 11.5 Å². The van der Waals surface area contributed by atoms with Crippen molar-refractivity contribution in [2.24, 2.45) is 0 Å². The van der Waals surface area contributed by atoms with Crippen LogP contribution in [0, 0.1) is 0 Å². The Kier molecular flexibility index (Phi) is 6.25. The van der Waals surface area contributed by atoms with Crippen molar-refractivity contribution in [3.63, 3.8) is 0 Å². The van der Waals surface area contributed by atoms with Gasteiger partial charge in [0.25, 0.3) is 0 Å². The van der Waals surface area contributed by atoms with Crippen LogP contribution in [0.15, 0.2) is 47.8 Å². The third-order valence-electron chi connectivity index (χ3n) is 4.17. The van der Waals surface area contributed by atoms with Gasteiger partial charge in [-0.05, 0) is 35.7 Å². The highest BCUT2D eigenvalue weighted by Gasteiger charge is 2.21. The highest BCUT2D eigenvalue weighted by molar-refractivity contribution is 7.13. The van der Waals surface area contributed by atoms with E-state index in [2.05, 4.69) is 0 Å². The summed E-state index contributed by atoms with van der Waals surface area (Å²) in [7, 11) is 3.18. The molecular formula is C21H16Cl2O3S. The average molecular weight is 419 g/mol. The molecule has 0 bridgehead atoms. The van der Waals surface area contributed by atoms with Crippen molar-refractivity contribution in [1.29, 1.82) is 0 Å². The fraction of sp³-hybridized carbons (Fsp3) is 0.143. The molecule has 27 heavy (non-hydrogen) atoms. The summed E-state index contributed by atoms with van der Waals surface area (Å²) in [5.74, 6) is 3.25. The molecule has 0 saturated carbocycles. The number of thiophene rings is 1. The summed E-state index contributed by atoms with van der Waals surface area (Å²) >= 11 is 14.2. The maximum Gasteiger partial charge on any atom is 0.134 e. The van der Waals surface area contributed by atoms with Gasteiger partial charge >= 0.3 is 0 Å². The molecule has 0 spiro atoms. The molecule has 138 valence electrons. The lowest BCUT2D eigenvalue weighted by atomic mass is 9.95. The summed E-state index contributed by atoms with van der Waals surface area (Å²) in [6, 6.07) is 12.9. The molecule has 3 nitrogen and oxygen atoms in total. The Hall–Kier alpha value is -2.23. The molecule has 3 rings (SSSR count). The van der Waals surface area contributed by atoms with Crippen LogP contribution >= 0.6 is 34.5 Å². The fourth-order valence-corrected chi connectivity index (χ4v) is 4.34. The van der Waals surface area contributed by atoms with E-state index >= 15 is 0 Å². The van der Waals surface area contributed by atoms with Crippen LogP contribution in [0.1, 0.15) is 11.1 Å². The lowest BCUT2D eigenvalue weighted by molar-refractivity contribution is 0.388. The smallest absolute Gasteiger partial charge is 0.134 e. The highest BCUT2D eigenvalue weighted by Crippen LogP contribution is 2.42. The molecule has 0 N–H and O–H groups in total. The van der Waals surface area contributed by atoms with E-state index in [1.807, 2.05) is 35.6 Å². The van der Waals surface area contributed by atoms with Crippen LogP contribution in [0.25, 0.3) is 16.0 Å². The molecule has 0 aliphatic heterocycles. The molecule has 0 aliphatic rings. The second kappa shape index (κ2) is 8.64. The Labute approximate surface area is 171 Å². The number of rotatable bonds is 6.